The molecule has 1 heterocycles. The smallest absolute Gasteiger partial charge is 0.405 e. The minimum absolute atomic E-state index is 0.264. The van der Waals surface area contributed by atoms with Crippen LogP contribution in [0.5, 0.6) is 0 Å². The normalized spacial score (nSPS) is 12.5. The lowest BCUT2D eigenvalue weighted by Gasteiger charge is -2.24. The van der Waals surface area contributed by atoms with Crippen molar-refractivity contribution in [2.45, 2.75) is 17.9 Å². The number of nitro benzene ring substituents is 1. The van der Waals surface area contributed by atoms with E-state index in [0.29, 0.717) is 5.56 Å². The zero-order valence-corrected chi connectivity index (χ0v) is 18.8. The number of nitrogens with one attached hydrogen (secondary N) is 1. The van der Waals surface area contributed by atoms with Gasteiger partial charge in [-0.05, 0) is 24.1 Å². The number of aromatic nitrogens is 1. The van der Waals surface area contributed by atoms with Crippen LogP contribution in [0, 0.1) is 17.0 Å². The number of sulfonamides is 1. The molecule has 0 spiro atoms. The van der Waals surface area contributed by atoms with E-state index in [-0.39, 0.29) is 6.54 Å². The Labute approximate surface area is 188 Å². The number of hydrogen-bond donors (Lipinski definition) is 2. The van der Waals surface area contributed by atoms with Gasteiger partial charge in [0.1, 0.15) is 0 Å². The van der Waals surface area contributed by atoms with Crippen molar-refractivity contribution in [3.63, 3.8) is 0 Å². The molecule has 1 amide bonds. The second-order valence-corrected chi connectivity index (χ2v) is 9.77. The molecule has 2 N–H and O–H groups in total. The molecule has 0 aliphatic carbocycles. The summed E-state index contributed by atoms with van der Waals surface area (Å²) in [5.41, 5.74) is 3.51. The van der Waals surface area contributed by atoms with Crippen LogP contribution in [-0.4, -0.2) is 47.4 Å². The first-order valence-electron chi connectivity index (χ1n) is 9.31. The Hall–Kier alpha value is -3.35. The van der Waals surface area contributed by atoms with Crippen molar-refractivity contribution in [1.82, 2.24) is 14.6 Å². The average Bonchev–Trinajstić information content (AvgIpc) is 3.18. The standard InChI is InChI=1S/C20H20N4O6S2/c1-13-19(31-12-21-13)15-9-7-14(8-10-15)16(22-20(25)26)11-23(2)32(29,30)18-6-4-3-5-17(18)24(27)28/h3-10,12,16,22H,11H2,1-2H3,(H,25,26)/t16-/m0/s1. The number of rotatable bonds is 8. The van der Waals surface area contributed by atoms with Crippen molar-refractivity contribution in [3.05, 3.63) is 75.4 Å². The van der Waals surface area contributed by atoms with E-state index in [1.54, 1.807) is 17.6 Å². The van der Waals surface area contributed by atoms with E-state index in [0.717, 1.165) is 32.6 Å². The largest absolute Gasteiger partial charge is 0.465 e. The molecule has 1 aromatic heterocycles. The highest BCUT2D eigenvalue weighted by atomic mass is 32.2. The van der Waals surface area contributed by atoms with Crippen LogP contribution < -0.4 is 5.32 Å². The molecule has 12 heteroatoms. The van der Waals surface area contributed by atoms with Crippen LogP contribution in [0.1, 0.15) is 17.3 Å². The fourth-order valence-electron chi connectivity index (χ4n) is 3.18. The van der Waals surface area contributed by atoms with Gasteiger partial charge >= 0.3 is 6.09 Å². The van der Waals surface area contributed by atoms with Crippen molar-refractivity contribution in [1.29, 1.82) is 0 Å². The van der Waals surface area contributed by atoms with E-state index in [1.807, 2.05) is 19.1 Å². The summed E-state index contributed by atoms with van der Waals surface area (Å²) in [6.45, 7) is 1.62. The number of benzene rings is 2. The Balaban J connectivity index is 1.90. The van der Waals surface area contributed by atoms with Gasteiger partial charge in [0, 0.05) is 19.7 Å². The summed E-state index contributed by atoms with van der Waals surface area (Å²) >= 11 is 1.48. The van der Waals surface area contributed by atoms with E-state index >= 15 is 0 Å². The Morgan fingerprint density at radius 1 is 1.25 bits per heavy atom. The first-order valence-corrected chi connectivity index (χ1v) is 11.6. The summed E-state index contributed by atoms with van der Waals surface area (Å²) < 4.78 is 26.9. The molecule has 2 aromatic carbocycles. The van der Waals surface area contributed by atoms with Crippen molar-refractivity contribution >= 4 is 33.1 Å². The molecular formula is C20H20N4O6S2. The molecule has 0 aliphatic rings. The quantitative estimate of drug-likeness (QED) is 0.373. The number of hydrogen-bond acceptors (Lipinski definition) is 7. The van der Waals surface area contributed by atoms with Crippen molar-refractivity contribution in [2.75, 3.05) is 13.6 Å². The minimum Gasteiger partial charge on any atom is -0.465 e. The number of nitro groups is 1. The Morgan fingerprint density at radius 2 is 1.91 bits per heavy atom. The predicted molar refractivity (Wildman–Crippen MR) is 119 cm³/mol. The summed E-state index contributed by atoms with van der Waals surface area (Å²) in [5, 5.41) is 22.8. The lowest BCUT2D eigenvalue weighted by atomic mass is 10.0. The van der Waals surface area contributed by atoms with Gasteiger partial charge < -0.3 is 10.4 Å². The van der Waals surface area contributed by atoms with Gasteiger partial charge in [0.25, 0.3) is 5.69 Å². The summed E-state index contributed by atoms with van der Waals surface area (Å²) in [6, 6.07) is 11.2. The molecule has 168 valence electrons. The number of carboxylic acid groups (broad SMARTS) is 1. The second kappa shape index (κ2) is 9.42. The molecule has 3 aromatic rings. The van der Waals surface area contributed by atoms with Crippen molar-refractivity contribution in [2.24, 2.45) is 0 Å². The van der Waals surface area contributed by atoms with Crippen molar-refractivity contribution in [3.8, 4) is 10.4 Å². The molecule has 0 aliphatic heterocycles. The van der Waals surface area contributed by atoms with E-state index in [2.05, 4.69) is 10.3 Å². The number of nitrogens with zero attached hydrogens (tertiary/aromatic N) is 3. The zero-order chi connectivity index (χ0) is 23.5. The van der Waals surface area contributed by atoms with Crippen LogP contribution in [0.2, 0.25) is 0 Å². The molecule has 0 unspecified atom stereocenters. The van der Waals surface area contributed by atoms with E-state index < -0.39 is 37.7 Å². The Morgan fingerprint density at radius 3 is 2.47 bits per heavy atom. The Bertz CT molecular complexity index is 1240. The van der Waals surface area contributed by atoms with Gasteiger partial charge in [-0.2, -0.15) is 4.31 Å². The van der Waals surface area contributed by atoms with Crippen LogP contribution in [0.4, 0.5) is 10.5 Å². The van der Waals surface area contributed by atoms with Crippen LogP contribution in [0.25, 0.3) is 10.4 Å². The van der Waals surface area contributed by atoms with Gasteiger partial charge in [0.05, 0.1) is 27.0 Å². The van der Waals surface area contributed by atoms with E-state index in [9.17, 15) is 28.4 Å². The van der Waals surface area contributed by atoms with Gasteiger partial charge in [0.2, 0.25) is 10.0 Å². The zero-order valence-electron chi connectivity index (χ0n) is 17.1. The number of amides is 1. The lowest BCUT2D eigenvalue weighted by Crippen LogP contribution is -2.38. The molecule has 0 radical (unpaired) electrons. The maximum atomic E-state index is 13.0. The molecule has 10 nitrogen and oxygen atoms in total. The third-order valence-corrected chi connectivity index (χ3v) is 7.66. The Kier molecular flexibility index (Phi) is 6.87. The summed E-state index contributed by atoms with van der Waals surface area (Å²) in [4.78, 5) is 26.6. The summed E-state index contributed by atoms with van der Waals surface area (Å²) in [7, 11) is -3.00. The third kappa shape index (κ3) is 4.93. The predicted octanol–water partition coefficient (Wildman–Crippen LogP) is 3.66. The molecule has 1 atom stereocenters. The average molecular weight is 477 g/mol. The SMILES string of the molecule is Cc1ncsc1-c1ccc([C@H](CN(C)S(=O)(=O)c2ccccc2[N+](=O)[O-])NC(=O)O)cc1. The van der Waals surface area contributed by atoms with Crippen LogP contribution in [0.3, 0.4) is 0 Å². The number of likely N-dealkylation sites (N-methyl/N-ethyl adjacent to an activating group) is 1. The molecular weight excluding hydrogens is 456 g/mol. The van der Waals surface area contributed by atoms with Gasteiger partial charge in [0.15, 0.2) is 4.90 Å². The topological polar surface area (TPSA) is 143 Å². The highest BCUT2D eigenvalue weighted by Gasteiger charge is 2.31. The van der Waals surface area contributed by atoms with Crippen LogP contribution >= 0.6 is 11.3 Å². The summed E-state index contributed by atoms with van der Waals surface area (Å²) in [5.74, 6) is 0. The monoisotopic (exact) mass is 476 g/mol. The molecule has 0 fully saturated rings. The van der Waals surface area contributed by atoms with Crippen LogP contribution in [0.15, 0.2) is 58.9 Å². The molecule has 0 bridgehead atoms. The molecule has 3 rings (SSSR count). The van der Waals surface area contributed by atoms with Crippen molar-refractivity contribution < 1.29 is 23.2 Å². The maximum absolute atomic E-state index is 13.0. The van der Waals surface area contributed by atoms with Gasteiger partial charge in [-0.15, -0.1) is 11.3 Å². The molecule has 32 heavy (non-hydrogen) atoms. The summed E-state index contributed by atoms with van der Waals surface area (Å²) in [6.07, 6.45) is -1.33. The van der Waals surface area contributed by atoms with E-state index in [4.69, 9.17) is 0 Å². The molecule has 0 saturated carbocycles. The maximum Gasteiger partial charge on any atom is 0.405 e. The fraction of sp³-hybridized carbons (Fsp3) is 0.200. The highest BCUT2D eigenvalue weighted by molar-refractivity contribution is 7.89. The third-order valence-electron chi connectivity index (χ3n) is 4.81. The van der Waals surface area contributed by atoms with E-state index in [1.165, 1.54) is 30.5 Å². The van der Waals surface area contributed by atoms with Crippen LogP contribution in [-0.2, 0) is 10.0 Å². The van der Waals surface area contributed by atoms with Gasteiger partial charge in [-0.3, -0.25) is 10.1 Å². The molecule has 0 saturated heterocycles. The number of thiazole rings is 1. The number of carbonyl (C=O) groups is 1. The number of para-hydroxylation sites is 1. The first-order chi connectivity index (χ1) is 15.1. The van der Waals surface area contributed by atoms with Gasteiger partial charge in [-0.25, -0.2) is 18.2 Å². The lowest BCUT2D eigenvalue weighted by molar-refractivity contribution is -0.387. The number of aryl methyl sites for hydroxylation is 1. The fourth-order valence-corrected chi connectivity index (χ4v) is 5.33. The van der Waals surface area contributed by atoms with Gasteiger partial charge in [-0.1, -0.05) is 36.4 Å². The minimum atomic E-state index is -4.25. The first kappa shape index (κ1) is 23.3. The second-order valence-electron chi connectivity index (χ2n) is 6.90. The highest BCUT2D eigenvalue weighted by Crippen LogP contribution is 2.30.